The molecule has 1 aromatic rings. The van der Waals surface area contributed by atoms with E-state index in [4.69, 9.17) is 16.2 Å². The van der Waals surface area contributed by atoms with Gasteiger partial charge in [0.15, 0.2) is 0 Å². The molecule has 0 saturated carbocycles. The largest absolute Gasteiger partial charge is 0.378 e. The Morgan fingerprint density at radius 1 is 1.38 bits per heavy atom. The third kappa shape index (κ3) is 3.24. The average molecular weight is 313 g/mol. The molecular formula is C13H19N3O4S. The Labute approximate surface area is 123 Å². The second-order valence-corrected chi connectivity index (χ2v) is 6.86. The van der Waals surface area contributed by atoms with Crippen LogP contribution in [-0.4, -0.2) is 44.4 Å². The fourth-order valence-electron chi connectivity index (χ4n) is 2.18. The molecule has 0 bridgehead atoms. The summed E-state index contributed by atoms with van der Waals surface area (Å²) in [6, 6.07) is 5.15. The van der Waals surface area contributed by atoms with E-state index >= 15 is 0 Å². The summed E-state index contributed by atoms with van der Waals surface area (Å²) in [5.74, 6) is -0.717. The van der Waals surface area contributed by atoms with Crippen LogP contribution in [0.1, 0.15) is 18.5 Å². The molecule has 1 heterocycles. The van der Waals surface area contributed by atoms with Gasteiger partial charge in [0.1, 0.15) is 6.04 Å². The van der Waals surface area contributed by atoms with E-state index in [1.165, 1.54) is 12.1 Å². The number of carbonyl (C=O) groups excluding carboxylic acids is 1. The van der Waals surface area contributed by atoms with E-state index in [0.717, 1.165) is 9.87 Å². The first-order valence-corrected chi connectivity index (χ1v) is 8.02. The number of morpholine rings is 1. The van der Waals surface area contributed by atoms with Crippen molar-refractivity contribution in [1.29, 1.82) is 0 Å². The first-order valence-electron chi connectivity index (χ1n) is 6.58. The van der Waals surface area contributed by atoms with Gasteiger partial charge in [-0.2, -0.15) is 4.31 Å². The van der Waals surface area contributed by atoms with Crippen molar-refractivity contribution >= 4 is 15.9 Å². The zero-order valence-electron chi connectivity index (χ0n) is 11.7. The minimum atomic E-state index is -3.79. The van der Waals surface area contributed by atoms with Crippen LogP contribution >= 0.6 is 0 Å². The smallest absolute Gasteiger partial charge is 0.243 e. The molecule has 21 heavy (non-hydrogen) atoms. The average Bonchev–Trinajstić information content (AvgIpc) is 2.47. The van der Waals surface area contributed by atoms with E-state index in [2.05, 4.69) is 0 Å². The maximum atomic E-state index is 12.6. The molecule has 2 unspecified atom stereocenters. The van der Waals surface area contributed by atoms with Gasteiger partial charge in [0.2, 0.25) is 15.9 Å². The summed E-state index contributed by atoms with van der Waals surface area (Å²) < 4.78 is 31.5. The number of ether oxygens (including phenoxy) is 1. The van der Waals surface area contributed by atoms with Crippen molar-refractivity contribution in [3.05, 3.63) is 29.8 Å². The maximum Gasteiger partial charge on any atom is 0.243 e. The van der Waals surface area contributed by atoms with Crippen molar-refractivity contribution in [3.8, 4) is 0 Å². The number of nitrogens with zero attached hydrogens (tertiary/aromatic N) is 1. The monoisotopic (exact) mass is 313 g/mol. The summed E-state index contributed by atoms with van der Waals surface area (Å²) in [6.45, 7) is 2.13. The Morgan fingerprint density at radius 3 is 2.52 bits per heavy atom. The number of sulfonamides is 1. The number of rotatable bonds is 4. The lowest BCUT2D eigenvalue weighted by Gasteiger charge is -2.32. The lowest BCUT2D eigenvalue weighted by molar-refractivity contribution is -0.125. The molecule has 2 atom stereocenters. The quantitative estimate of drug-likeness (QED) is 0.783. The van der Waals surface area contributed by atoms with Crippen LogP contribution in [0.25, 0.3) is 0 Å². The fraction of sp³-hybridized carbons (Fsp3) is 0.462. The summed E-state index contributed by atoms with van der Waals surface area (Å²) in [6.07, 6.45) is 0. The van der Waals surface area contributed by atoms with Crippen LogP contribution in [0.3, 0.4) is 0 Å². The highest BCUT2D eigenvalue weighted by Gasteiger charge is 2.37. The van der Waals surface area contributed by atoms with Crippen LogP contribution in [0.5, 0.6) is 0 Å². The zero-order valence-corrected chi connectivity index (χ0v) is 12.5. The van der Waals surface area contributed by atoms with Crippen molar-refractivity contribution in [2.24, 2.45) is 11.5 Å². The molecule has 116 valence electrons. The Hall–Kier alpha value is -1.48. The third-order valence-corrected chi connectivity index (χ3v) is 5.34. The van der Waals surface area contributed by atoms with E-state index in [9.17, 15) is 13.2 Å². The number of nitrogens with two attached hydrogens (primary N) is 2. The highest BCUT2D eigenvalue weighted by Crippen LogP contribution is 2.22. The lowest BCUT2D eigenvalue weighted by atomic mass is 10.1. The van der Waals surface area contributed by atoms with E-state index in [1.807, 2.05) is 6.92 Å². The molecular weight excluding hydrogens is 294 g/mol. The SMILES string of the molecule is CC(N)c1ccc(S(=O)(=O)N2CCOCC2C(N)=O)cc1. The molecule has 1 saturated heterocycles. The number of amides is 1. The van der Waals surface area contributed by atoms with E-state index in [1.54, 1.807) is 12.1 Å². The second kappa shape index (κ2) is 6.10. The molecule has 0 aromatic heterocycles. The van der Waals surface area contributed by atoms with Crippen LogP contribution in [-0.2, 0) is 19.6 Å². The van der Waals surface area contributed by atoms with Crippen molar-refractivity contribution in [2.75, 3.05) is 19.8 Å². The van der Waals surface area contributed by atoms with E-state index in [-0.39, 0.29) is 30.7 Å². The molecule has 0 spiro atoms. The van der Waals surface area contributed by atoms with Gasteiger partial charge in [-0.1, -0.05) is 12.1 Å². The number of hydrogen-bond acceptors (Lipinski definition) is 5. The normalized spacial score (nSPS) is 21.9. The predicted molar refractivity (Wildman–Crippen MR) is 76.7 cm³/mol. The predicted octanol–water partition coefficient (Wildman–Crippen LogP) is -0.419. The first-order chi connectivity index (χ1) is 9.84. The zero-order chi connectivity index (χ0) is 15.6. The standard InChI is InChI=1S/C13H19N3O4S/c1-9(14)10-2-4-11(5-3-10)21(18,19)16-6-7-20-8-12(16)13(15)17/h2-5,9,12H,6-8,14H2,1H3,(H2,15,17). The van der Waals surface area contributed by atoms with Crippen molar-refractivity contribution < 1.29 is 17.9 Å². The number of benzene rings is 1. The van der Waals surface area contributed by atoms with Crippen LogP contribution in [0, 0.1) is 0 Å². The third-order valence-electron chi connectivity index (χ3n) is 3.42. The van der Waals surface area contributed by atoms with Gasteiger partial charge in [-0.25, -0.2) is 8.42 Å². The molecule has 1 aliphatic rings. The van der Waals surface area contributed by atoms with Crippen molar-refractivity contribution in [2.45, 2.75) is 23.9 Å². The minimum absolute atomic E-state index is 0.0213. The van der Waals surface area contributed by atoms with Crippen LogP contribution in [0.4, 0.5) is 0 Å². The summed E-state index contributed by atoms with van der Waals surface area (Å²) in [4.78, 5) is 11.5. The van der Waals surface area contributed by atoms with Gasteiger partial charge < -0.3 is 16.2 Å². The molecule has 0 aliphatic carbocycles. The minimum Gasteiger partial charge on any atom is -0.378 e. The second-order valence-electron chi connectivity index (χ2n) is 4.97. The Balaban J connectivity index is 2.33. The number of hydrogen-bond donors (Lipinski definition) is 2. The van der Waals surface area contributed by atoms with E-state index in [0.29, 0.717) is 0 Å². The molecule has 1 amide bonds. The summed E-state index contributed by atoms with van der Waals surface area (Å²) in [5, 5.41) is 0. The molecule has 2 rings (SSSR count). The first kappa shape index (κ1) is 15.9. The molecule has 7 nitrogen and oxygen atoms in total. The van der Waals surface area contributed by atoms with Crippen molar-refractivity contribution in [1.82, 2.24) is 4.31 Å². The summed E-state index contributed by atoms with van der Waals surface area (Å²) in [7, 11) is -3.79. The molecule has 1 fully saturated rings. The van der Waals surface area contributed by atoms with Gasteiger partial charge >= 0.3 is 0 Å². The van der Waals surface area contributed by atoms with Crippen LogP contribution in [0.15, 0.2) is 29.2 Å². The molecule has 8 heteroatoms. The van der Waals surface area contributed by atoms with Gasteiger partial charge in [-0.15, -0.1) is 0 Å². The summed E-state index contributed by atoms with van der Waals surface area (Å²) >= 11 is 0. The summed E-state index contributed by atoms with van der Waals surface area (Å²) in [5.41, 5.74) is 11.8. The highest BCUT2D eigenvalue weighted by atomic mass is 32.2. The highest BCUT2D eigenvalue weighted by molar-refractivity contribution is 7.89. The van der Waals surface area contributed by atoms with Crippen LogP contribution in [0.2, 0.25) is 0 Å². The molecule has 4 N–H and O–H groups in total. The fourth-order valence-corrected chi connectivity index (χ4v) is 3.74. The van der Waals surface area contributed by atoms with Gasteiger partial charge in [0.25, 0.3) is 0 Å². The molecule has 0 radical (unpaired) electrons. The van der Waals surface area contributed by atoms with Crippen molar-refractivity contribution in [3.63, 3.8) is 0 Å². The topological polar surface area (TPSA) is 116 Å². The number of primary amides is 1. The Bertz CT molecular complexity index is 613. The Kier molecular flexibility index (Phi) is 4.62. The van der Waals surface area contributed by atoms with Gasteiger partial charge in [-0.05, 0) is 24.6 Å². The number of carbonyl (C=O) groups is 1. The van der Waals surface area contributed by atoms with Gasteiger partial charge in [0, 0.05) is 12.6 Å². The van der Waals surface area contributed by atoms with Gasteiger partial charge in [0.05, 0.1) is 18.1 Å². The maximum absolute atomic E-state index is 12.6. The molecule has 1 aromatic carbocycles. The Morgan fingerprint density at radius 2 is 2.00 bits per heavy atom. The lowest BCUT2D eigenvalue weighted by Crippen LogP contribution is -2.54. The van der Waals surface area contributed by atoms with Gasteiger partial charge in [-0.3, -0.25) is 4.79 Å². The molecule has 1 aliphatic heterocycles. The van der Waals surface area contributed by atoms with Crippen LogP contribution < -0.4 is 11.5 Å². The van der Waals surface area contributed by atoms with E-state index < -0.39 is 22.0 Å².